The van der Waals surface area contributed by atoms with Crippen molar-refractivity contribution in [2.75, 3.05) is 4.90 Å². The third-order valence-corrected chi connectivity index (χ3v) is 3.80. The molecule has 0 spiro atoms. The van der Waals surface area contributed by atoms with Gasteiger partial charge in [0, 0.05) is 23.2 Å². The summed E-state index contributed by atoms with van der Waals surface area (Å²) in [5, 5.41) is 3.59. The first kappa shape index (κ1) is 12.5. The number of benzene rings is 1. The molecule has 0 bridgehead atoms. The number of hydrogen-bond donors (Lipinski definition) is 1. The Kier molecular flexibility index (Phi) is 3.19. The fraction of sp³-hybridized carbons (Fsp3) is 0.429. The van der Waals surface area contributed by atoms with Crippen LogP contribution in [0.1, 0.15) is 25.7 Å². The highest BCUT2D eigenvalue weighted by molar-refractivity contribution is 6.30. The maximum absolute atomic E-state index is 12.2. The number of amides is 2. The van der Waals surface area contributed by atoms with Crippen LogP contribution in [0, 0.1) is 0 Å². The molecule has 3 rings (SSSR count). The van der Waals surface area contributed by atoms with Crippen LogP contribution in [0.2, 0.25) is 5.02 Å². The van der Waals surface area contributed by atoms with Gasteiger partial charge in [-0.1, -0.05) is 11.6 Å². The molecule has 5 heteroatoms. The largest absolute Gasteiger partial charge is 0.352 e. The van der Waals surface area contributed by atoms with E-state index < -0.39 is 0 Å². The summed E-state index contributed by atoms with van der Waals surface area (Å²) in [6, 6.07) is 6.97. The van der Waals surface area contributed by atoms with Gasteiger partial charge >= 0.3 is 0 Å². The molecule has 1 heterocycles. The fourth-order valence-corrected chi connectivity index (χ4v) is 2.51. The molecule has 0 aromatic heterocycles. The minimum atomic E-state index is -0.380. The number of carbonyl (C=O) groups is 2. The SMILES string of the molecule is O=C(NC1CC1)C1CCC(=O)N1c1ccc(Cl)cc1. The molecule has 2 aliphatic rings. The van der Waals surface area contributed by atoms with Crippen LogP contribution in [0.4, 0.5) is 5.69 Å². The molecule has 1 saturated carbocycles. The van der Waals surface area contributed by atoms with Gasteiger partial charge in [0.2, 0.25) is 11.8 Å². The second-order valence-electron chi connectivity index (χ2n) is 5.08. The predicted octanol–water partition coefficient (Wildman–Crippen LogP) is 2.11. The number of anilines is 1. The van der Waals surface area contributed by atoms with Crippen LogP contribution in [0.3, 0.4) is 0 Å². The molecule has 2 amide bonds. The molecule has 1 aliphatic heterocycles. The molecular weight excluding hydrogens is 264 g/mol. The second kappa shape index (κ2) is 4.85. The van der Waals surface area contributed by atoms with Crippen molar-refractivity contribution < 1.29 is 9.59 Å². The molecule has 100 valence electrons. The topological polar surface area (TPSA) is 49.4 Å². The van der Waals surface area contributed by atoms with Gasteiger partial charge in [0.25, 0.3) is 0 Å². The smallest absolute Gasteiger partial charge is 0.243 e. The zero-order valence-electron chi connectivity index (χ0n) is 10.4. The molecule has 1 atom stereocenters. The Morgan fingerprint density at radius 3 is 2.53 bits per heavy atom. The van der Waals surface area contributed by atoms with E-state index in [9.17, 15) is 9.59 Å². The van der Waals surface area contributed by atoms with Gasteiger partial charge in [0.15, 0.2) is 0 Å². The van der Waals surface area contributed by atoms with Gasteiger partial charge in [0.05, 0.1) is 0 Å². The minimum absolute atomic E-state index is 0.00160. The van der Waals surface area contributed by atoms with Gasteiger partial charge in [-0.05, 0) is 43.5 Å². The van der Waals surface area contributed by atoms with Crippen LogP contribution in [-0.2, 0) is 9.59 Å². The van der Waals surface area contributed by atoms with Crippen LogP contribution in [0.5, 0.6) is 0 Å². The zero-order valence-corrected chi connectivity index (χ0v) is 11.2. The summed E-state index contributed by atoms with van der Waals surface area (Å²) in [6.45, 7) is 0. The monoisotopic (exact) mass is 278 g/mol. The normalized spacial score (nSPS) is 22.7. The van der Waals surface area contributed by atoms with E-state index in [2.05, 4.69) is 5.32 Å². The Bertz CT molecular complexity index is 511. The number of hydrogen-bond acceptors (Lipinski definition) is 2. The Balaban J connectivity index is 1.81. The van der Waals surface area contributed by atoms with Gasteiger partial charge in [-0.3, -0.25) is 14.5 Å². The fourth-order valence-electron chi connectivity index (χ4n) is 2.38. The maximum Gasteiger partial charge on any atom is 0.243 e. The lowest BCUT2D eigenvalue weighted by Gasteiger charge is -2.24. The molecule has 2 fully saturated rings. The lowest BCUT2D eigenvalue weighted by atomic mass is 10.2. The van der Waals surface area contributed by atoms with Gasteiger partial charge in [-0.15, -0.1) is 0 Å². The molecule has 1 aromatic rings. The van der Waals surface area contributed by atoms with Crippen LogP contribution < -0.4 is 10.2 Å². The maximum atomic E-state index is 12.2. The lowest BCUT2D eigenvalue weighted by molar-refractivity contribution is -0.124. The number of nitrogens with one attached hydrogen (secondary N) is 1. The van der Waals surface area contributed by atoms with E-state index in [-0.39, 0.29) is 17.9 Å². The minimum Gasteiger partial charge on any atom is -0.352 e. The molecule has 1 saturated heterocycles. The molecule has 0 radical (unpaired) electrons. The van der Waals surface area contributed by atoms with Crippen molar-refractivity contribution in [3.05, 3.63) is 29.3 Å². The van der Waals surface area contributed by atoms with Crippen molar-refractivity contribution in [1.29, 1.82) is 0 Å². The molecule has 4 nitrogen and oxygen atoms in total. The molecular formula is C14H15ClN2O2. The van der Waals surface area contributed by atoms with Crippen LogP contribution in [-0.4, -0.2) is 23.9 Å². The van der Waals surface area contributed by atoms with Gasteiger partial charge < -0.3 is 5.32 Å². The summed E-state index contributed by atoms with van der Waals surface area (Å²) >= 11 is 5.85. The number of halogens is 1. The first-order chi connectivity index (χ1) is 9.15. The highest BCUT2D eigenvalue weighted by atomic mass is 35.5. The number of nitrogens with zero attached hydrogens (tertiary/aromatic N) is 1. The van der Waals surface area contributed by atoms with E-state index >= 15 is 0 Å². The standard InChI is InChI=1S/C14H15ClN2O2/c15-9-1-5-11(6-2-9)17-12(7-8-13(17)18)14(19)16-10-3-4-10/h1-2,5-6,10,12H,3-4,7-8H2,(H,16,19). The summed E-state index contributed by atoms with van der Waals surface area (Å²) in [5.41, 5.74) is 0.739. The average molecular weight is 279 g/mol. The third-order valence-electron chi connectivity index (χ3n) is 3.54. The van der Waals surface area contributed by atoms with Crippen molar-refractivity contribution in [3.63, 3.8) is 0 Å². The van der Waals surface area contributed by atoms with Crippen molar-refractivity contribution in [2.24, 2.45) is 0 Å². The van der Waals surface area contributed by atoms with E-state index in [1.807, 2.05) is 0 Å². The van der Waals surface area contributed by atoms with E-state index in [0.29, 0.717) is 23.9 Å². The zero-order chi connectivity index (χ0) is 13.4. The Hall–Kier alpha value is -1.55. The highest BCUT2D eigenvalue weighted by Gasteiger charge is 2.38. The molecule has 19 heavy (non-hydrogen) atoms. The van der Waals surface area contributed by atoms with Crippen molar-refractivity contribution in [1.82, 2.24) is 5.32 Å². The van der Waals surface area contributed by atoms with Crippen LogP contribution in [0.25, 0.3) is 0 Å². The van der Waals surface area contributed by atoms with Crippen molar-refractivity contribution in [2.45, 2.75) is 37.8 Å². The number of carbonyl (C=O) groups excluding carboxylic acids is 2. The Labute approximate surface area is 116 Å². The number of rotatable bonds is 3. The summed E-state index contributed by atoms with van der Waals surface area (Å²) in [5.74, 6) is -0.0402. The Morgan fingerprint density at radius 1 is 1.21 bits per heavy atom. The first-order valence-electron chi connectivity index (χ1n) is 6.53. The Morgan fingerprint density at radius 2 is 1.89 bits per heavy atom. The highest BCUT2D eigenvalue weighted by Crippen LogP contribution is 2.29. The summed E-state index contributed by atoms with van der Waals surface area (Å²) in [7, 11) is 0. The quantitative estimate of drug-likeness (QED) is 0.921. The third kappa shape index (κ3) is 2.59. The van der Waals surface area contributed by atoms with Crippen molar-refractivity contribution in [3.8, 4) is 0 Å². The van der Waals surface area contributed by atoms with E-state index in [1.54, 1.807) is 29.2 Å². The molecule has 1 unspecified atom stereocenters. The van der Waals surface area contributed by atoms with E-state index in [0.717, 1.165) is 18.5 Å². The summed E-state index contributed by atoms with van der Waals surface area (Å²) < 4.78 is 0. The van der Waals surface area contributed by atoms with Gasteiger partial charge in [-0.25, -0.2) is 0 Å². The summed E-state index contributed by atoms with van der Waals surface area (Å²) in [6.07, 6.45) is 3.10. The summed E-state index contributed by atoms with van der Waals surface area (Å²) in [4.78, 5) is 25.7. The van der Waals surface area contributed by atoms with Crippen LogP contribution >= 0.6 is 11.6 Å². The second-order valence-corrected chi connectivity index (χ2v) is 5.51. The van der Waals surface area contributed by atoms with Crippen molar-refractivity contribution >= 4 is 29.1 Å². The van der Waals surface area contributed by atoms with E-state index in [4.69, 9.17) is 11.6 Å². The predicted molar refractivity (Wildman–Crippen MR) is 73.1 cm³/mol. The van der Waals surface area contributed by atoms with Gasteiger partial charge in [0.1, 0.15) is 6.04 Å². The average Bonchev–Trinajstić information content (AvgIpc) is 3.11. The first-order valence-corrected chi connectivity index (χ1v) is 6.91. The lowest BCUT2D eigenvalue weighted by Crippen LogP contribution is -2.45. The van der Waals surface area contributed by atoms with E-state index in [1.165, 1.54) is 0 Å². The molecule has 1 N–H and O–H groups in total. The van der Waals surface area contributed by atoms with Crippen LogP contribution in [0.15, 0.2) is 24.3 Å². The molecule has 1 aliphatic carbocycles. The molecule has 1 aromatic carbocycles. The van der Waals surface area contributed by atoms with Gasteiger partial charge in [-0.2, -0.15) is 0 Å².